The third kappa shape index (κ3) is 2.81. The minimum Gasteiger partial charge on any atom is -0.391 e. The van der Waals surface area contributed by atoms with Gasteiger partial charge in [-0.1, -0.05) is 6.92 Å². The van der Waals surface area contributed by atoms with Crippen molar-refractivity contribution in [1.29, 1.82) is 0 Å². The minimum atomic E-state index is -0.505. The molecule has 18 heavy (non-hydrogen) atoms. The molecule has 2 rings (SSSR count). The Morgan fingerprint density at radius 1 is 1.33 bits per heavy atom. The molecule has 1 unspecified atom stereocenters. The number of fused-ring (bicyclic) bond motifs is 1. The van der Waals surface area contributed by atoms with Gasteiger partial charge in [-0.2, -0.15) is 0 Å². The van der Waals surface area contributed by atoms with Gasteiger partial charge >= 0.3 is 0 Å². The monoisotopic (exact) mass is 245 g/mol. The van der Waals surface area contributed by atoms with Crippen molar-refractivity contribution in [1.82, 2.24) is 15.3 Å². The number of aliphatic hydroxyl groups excluding tert-OH is 1. The van der Waals surface area contributed by atoms with Gasteiger partial charge in [0.15, 0.2) is 0 Å². The Hall–Kier alpha value is -2.01. The smallest absolute Gasteiger partial charge is 0.251 e. The number of benzene rings is 1. The normalized spacial score (nSPS) is 12.3. The van der Waals surface area contributed by atoms with Crippen LogP contribution < -0.4 is 5.32 Å². The predicted octanol–water partition coefficient (Wildman–Crippen LogP) is 1.13. The summed E-state index contributed by atoms with van der Waals surface area (Å²) in [6, 6.07) is 5.15. The van der Waals surface area contributed by atoms with Crippen LogP contribution in [0.3, 0.4) is 0 Å². The molecule has 0 aliphatic carbocycles. The molecule has 1 aromatic carbocycles. The summed E-state index contributed by atoms with van der Waals surface area (Å²) in [5, 5.41) is 12.1. The quantitative estimate of drug-likeness (QED) is 0.846. The van der Waals surface area contributed by atoms with Gasteiger partial charge in [0.1, 0.15) is 0 Å². The highest BCUT2D eigenvalue weighted by Crippen LogP contribution is 2.10. The second kappa shape index (κ2) is 5.55. The molecule has 0 saturated carbocycles. The van der Waals surface area contributed by atoms with Gasteiger partial charge in [-0.3, -0.25) is 14.8 Å². The van der Waals surface area contributed by atoms with Crippen LogP contribution in [-0.4, -0.2) is 33.6 Å². The lowest BCUT2D eigenvalue weighted by Gasteiger charge is -2.09. The molecule has 1 aromatic heterocycles. The van der Waals surface area contributed by atoms with E-state index < -0.39 is 6.10 Å². The highest BCUT2D eigenvalue weighted by atomic mass is 16.3. The summed E-state index contributed by atoms with van der Waals surface area (Å²) in [7, 11) is 0. The molecular weight excluding hydrogens is 230 g/mol. The summed E-state index contributed by atoms with van der Waals surface area (Å²) in [4.78, 5) is 20.1. The average Bonchev–Trinajstić information content (AvgIpc) is 2.43. The number of carbonyl (C=O) groups excluding carboxylic acids is 1. The van der Waals surface area contributed by atoms with Gasteiger partial charge in [0, 0.05) is 24.5 Å². The van der Waals surface area contributed by atoms with E-state index in [1.807, 2.05) is 6.92 Å². The van der Waals surface area contributed by atoms with Crippen molar-refractivity contribution in [3.8, 4) is 0 Å². The van der Waals surface area contributed by atoms with Crippen molar-refractivity contribution in [3.05, 3.63) is 36.2 Å². The Bertz CT molecular complexity index is 557. The van der Waals surface area contributed by atoms with Crippen molar-refractivity contribution in [2.45, 2.75) is 19.4 Å². The van der Waals surface area contributed by atoms with Crippen molar-refractivity contribution >= 4 is 16.9 Å². The molecule has 2 N–H and O–H groups in total. The average molecular weight is 245 g/mol. The van der Waals surface area contributed by atoms with E-state index in [1.54, 1.807) is 30.6 Å². The van der Waals surface area contributed by atoms with Gasteiger partial charge in [-0.25, -0.2) is 0 Å². The van der Waals surface area contributed by atoms with Crippen molar-refractivity contribution in [3.63, 3.8) is 0 Å². The van der Waals surface area contributed by atoms with Crippen LogP contribution in [0, 0.1) is 0 Å². The molecule has 0 aliphatic heterocycles. The Balaban J connectivity index is 2.13. The van der Waals surface area contributed by atoms with E-state index in [2.05, 4.69) is 15.3 Å². The van der Waals surface area contributed by atoms with Crippen molar-refractivity contribution in [2.24, 2.45) is 0 Å². The zero-order chi connectivity index (χ0) is 13.0. The lowest BCUT2D eigenvalue weighted by atomic mass is 10.1. The second-order valence-electron chi connectivity index (χ2n) is 4.03. The Labute approximate surface area is 105 Å². The molecule has 0 bridgehead atoms. The largest absolute Gasteiger partial charge is 0.391 e. The summed E-state index contributed by atoms with van der Waals surface area (Å²) < 4.78 is 0. The Morgan fingerprint density at radius 2 is 2.06 bits per heavy atom. The molecule has 0 fully saturated rings. The molecule has 0 radical (unpaired) electrons. The number of hydrogen-bond acceptors (Lipinski definition) is 4. The van der Waals surface area contributed by atoms with Gasteiger partial charge in [0.25, 0.3) is 5.91 Å². The van der Waals surface area contributed by atoms with Gasteiger partial charge in [0.2, 0.25) is 0 Å². The fraction of sp³-hybridized carbons (Fsp3) is 0.308. The molecule has 94 valence electrons. The maximum absolute atomic E-state index is 11.8. The number of nitrogens with zero attached hydrogens (tertiary/aromatic N) is 2. The first-order valence-electron chi connectivity index (χ1n) is 5.87. The molecule has 5 nitrogen and oxygen atoms in total. The summed E-state index contributed by atoms with van der Waals surface area (Å²) in [6.45, 7) is 2.12. The van der Waals surface area contributed by atoms with Crippen LogP contribution >= 0.6 is 0 Å². The third-order valence-electron chi connectivity index (χ3n) is 2.70. The van der Waals surface area contributed by atoms with Crippen molar-refractivity contribution in [2.75, 3.05) is 6.54 Å². The maximum atomic E-state index is 11.8. The number of aliphatic hydroxyl groups is 1. The molecule has 1 heterocycles. The van der Waals surface area contributed by atoms with Gasteiger partial charge < -0.3 is 10.4 Å². The van der Waals surface area contributed by atoms with E-state index >= 15 is 0 Å². The summed E-state index contributed by atoms with van der Waals surface area (Å²) in [5.41, 5.74) is 1.95. The number of aromatic nitrogens is 2. The number of rotatable bonds is 4. The summed E-state index contributed by atoms with van der Waals surface area (Å²) >= 11 is 0. The highest BCUT2D eigenvalue weighted by molar-refractivity contribution is 5.97. The SMILES string of the molecule is CCC(O)CNC(=O)c1ccc2nccnc2c1. The van der Waals surface area contributed by atoms with Crippen LogP contribution in [0.15, 0.2) is 30.6 Å². The van der Waals surface area contributed by atoms with E-state index in [-0.39, 0.29) is 12.5 Å². The van der Waals surface area contributed by atoms with Crippen LogP contribution in [-0.2, 0) is 0 Å². The minimum absolute atomic E-state index is 0.213. The lowest BCUT2D eigenvalue weighted by Crippen LogP contribution is -2.31. The van der Waals surface area contributed by atoms with Crippen LogP contribution in [0.5, 0.6) is 0 Å². The molecular formula is C13H15N3O2. The number of carbonyl (C=O) groups is 1. The van der Waals surface area contributed by atoms with Crippen LogP contribution in [0.2, 0.25) is 0 Å². The number of nitrogens with one attached hydrogen (secondary N) is 1. The molecule has 0 saturated heterocycles. The second-order valence-corrected chi connectivity index (χ2v) is 4.03. The molecule has 5 heteroatoms. The Morgan fingerprint density at radius 3 is 2.78 bits per heavy atom. The molecule has 0 aliphatic rings. The molecule has 1 amide bonds. The van der Waals surface area contributed by atoms with Crippen LogP contribution in [0.25, 0.3) is 11.0 Å². The summed E-state index contributed by atoms with van der Waals surface area (Å²) in [5.74, 6) is -0.213. The van der Waals surface area contributed by atoms with Crippen LogP contribution in [0.1, 0.15) is 23.7 Å². The van der Waals surface area contributed by atoms with Gasteiger partial charge in [-0.15, -0.1) is 0 Å². The zero-order valence-electron chi connectivity index (χ0n) is 10.1. The van der Waals surface area contributed by atoms with E-state index in [1.165, 1.54) is 0 Å². The predicted molar refractivity (Wildman–Crippen MR) is 68.2 cm³/mol. The lowest BCUT2D eigenvalue weighted by molar-refractivity contribution is 0.0914. The molecule has 0 spiro atoms. The van der Waals surface area contributed by atoms with E-state index in [4.69, 9.17) is 0 Å². The van der Waals surface area contributed by atoms with Crippen molar-refractivity contribution < 1.29 is 9.90 Å². The fourth-order valence-electron chi connectivity index (χ4n) is 1.56. The van der Waals surface area contributed by atoms with Gasteiger partial charge in [0.05, 0.1) is 17.1 Å². The number of amides is 1. The van der Waals surface area contributed by atoms with Gasteiger partial charge in [-0.05, 0) is 24.6 Å². The Kier molecular flexibility index (Phi) is 3.84. The standard InChI is InChI=1S/C13H15N3O2/c1-2-10(17)8-16-13(18)9-3-4-11-12(7-9)15-6-5-14-11/h3-7,10,17H,2,8H2,1H3,(H,16,18). The third-order valence-corrected chi connectivity index (χ3v) is 2.70. The highest BCUT2D eigenvalue weighted by Gasteiger charge is 2.08. The number of hydrogen-bond donors (Lipinski definition) is 2. The first kappa shape index (κ1) is 12.4. The first-order chi connectivity index (χ1) is 8.70. The molecule has 1 atom stereocenters. The van der Waals surface area contributed by atoms with E-state index in [0.29, 0.717) is 17.5 Å². The van der Waals surface area contributed by atoms with Crippen LogP contribution in [0.4, 0.5) is 0 Å². The first-order valence-corrected chi connectivity index (χ1v) is 5.87. The van der Waals surface area contributed by atoms with E-state index in [9.17, 15) is 9.90 Å². The maximum Gasteiger partial charge on any atom is 0.251 e. The molecule has 2 aromatic rings. The topological polar surface area (TPSA) is 75.1 Å². The zero-order valence-corrected chi connectivity index (χ0v) is 10.1. The van der Waals surface area contributed by atoms with E-state index in [0.717, 1.165) is 5.52 Å². The fourth-order valence-corrected chi connectivity index (χ4v) is 1.56. The summed E-state index contributed by atoms with van der Waals surface area (Å²) in [6.07, 6.45) is 3.31.